The summed E-state index contributed by atoms with van der Waals surface area (Å²) in [5.74, 6) is 3.09. The van der Waals surface area contributed by atoms with Crippen LogP contribution in [0.15, 0.2) is 12.1 Å². The Morgan fingerprint density at radius 2 is 2.20 bits per heavy atom. The smallest absolute Gasteiger partial charge is 0.270 e. The third kappa shape index (κ3) is 2.08. The molecular formula is C8H8FN3O3. The van der Waals surface area contributed by atoms with Gasteiger partial charge in [0.05, 0.1) is 10.5 Å². The minimum absolute atomic E-state index is 0.0165. The van der Waals surface area contributed by atoms with E-state index >= 15 is 0 Å². The fourth-order valence-electron chi connectivity index (χ4n) is 1.10. The van der Waals surface area contributed by atoms with Crippen LogP contribution in [-0.2, 0) is 0 Å². The molecular weight excluding hydrogens is 205 g/mol. The molecule has 0 aliphatic carbocycles. The normalized spacial score (nSPS) is 9.80. The number of carbonyl (C=O) groups excluding carboxylic acids is 1. The molecule has 0 saturated heterocycles. The molecule has 80 valence electrons. The van der Waals surface area contributed by atoms with Crippen LogP contribution in [0.2, 0.25) is 0 Å². The van der Waals surface area contributed by atoms with Crippen LogP contribution in [-0.4, -0.2) is 10.8 Å². The van der Waals surface area contributed by atoms with E-state index in [1.54, 1.807) is 5.43 Å². The van der Waals surface area contributed by atoms with E-state index in [0.717, 1.165) is 12.1 Å². The number of nitrogens with one attached hydrogen (secondary N) is 1. The predicted octanol–water partition coefficient (Wildman–Crippen LogP) is 0.646. The molecule has 0 spiro atoms. The Morgan fingerprint density at radius 1 is 1.60 bits per heavy atom. The number of amides is 1. The maximum Gasteiger partial charge on any atom is 0.270 e. The van der Waals surface area contributed by atoms with Gasteiger partial charge in [0, 0.05) is 12.1 Å². The van der Waals surface area contributed by atoms with E-state index in [9.17, 15) is 19.3 Å². The lowest BCUT2D eigenvalue weighted by molar-refractivity contribution is -0.385. The van der Waals surface area contributed by atoms with Crippen molar-refractivity contribution in [1.29, 1.82) is 0 Å². The lowest BCUT2D eigenvalue weighted by atomic mass is 10.1. The zero-order chi connectivity index (χ0) is 11.6. The molecule has 6 nitrogen and oxygen atoms in total. The fourth-order valence-corrected chi connectivity index (χ4v) is 1.10. The van der Waals surface area contributed by atoms with Crippen molar-refractivity contribution in [2.45, 2.75) is 6.92 Å². The number of non-ortho nitro benzene ring substituents is 1. The van der Waals surface area contributed by atoms with Crippen LogP contribution < -0.4 is 11.3 Å². The van der Waals surface area contributed by atoms with Gasteiger partial charge in [-0.2, -0.15) is 0 Å². The molecule has 0 bridgehead atoms. The van der Waals surface area contributed by atoms with Gasteiger partial charge in [0.15, 0.2) is 0 Å². The minimum Gasteiger partial charge on any atom is -0.290 e. The van der Waals surface area contributed by atoms with Crippen molar-refractivity contribution in [2.24, 2.45) is 5.84 Å². The van der Waals surface area contributed by atoms with Crippen LogP contribution in [0, 0.1) is 22.9 Å². The number of nitrogens with two attached hydrogens (primary N) is 1. The standard InChI is InChI=1S/C8H8FN3O3/c1-4-2-5(12(14)15)3-6(7(4)9)8(13)11-10/h2-3H,10H2,1H3,(H,11,13). The van der Waals surface area contributed by atoms with Crippen LogP contribution in [0.3, 0.4) is 0 Å². The van der Waals surface area contributed by atoms with E-state index in [1.807, 2.05) is 0 Å². The van der Waals surface area contributed by atoms with Gasteiger partial charge in [0.1, 0.15) is 5.82 Å². The van der Waals surface area contributed by atoms with Gasteiger partial charge < -0.3 is 0 Å². The third-order valence-electron chi connectivity index (χ3n) is 1.83. The van der Waals surface area contributed by atoms with Gasteiger partial charge in [-0.1, -0.05) is 0 Å². The Kier molecular flexibility index (Phi) is 2.96. The van der Waals surface area contributed by atoms with Crippen LogP contribution in [0.5, 0.6) is 0 Å². The molecule has 15 heavy (non-hydrogen) atoms. The SMILES string of the molecule is Cc1cc([N+](=O)[O-])cc(C(=O)NN)c1F. The molecule has 0 fully saturated rings. The third-order valence-corrected chi connectivity index (χ3v) is 1.83. The molecule has 1 aromatic rings. The second-order valence-corrected chi connectivity index (χ2v) is 2.85. The highest BCUT2D eigenvalue weighted by Gasteiger charge is 2.18. The number of rotatable bonds is 2. The van der Waals surface area contributed by atoms with Gasteiger partial charge in [0.25, 0.3) is 11.6 Å². The van der Waals surface area contributed by atoms with Crippen molar-refractivity contribution in [2.75, 3.05) is 0 Å². The van der Waals surface area contributed by atoms with Crippen LogP contribution in [0.25, 0.3) is 0 Å². The first-order chi connectivity index (χ1) is 6.97. The molecule has 0 unspecified atom stereocenters. The molecule has 0 saturated carbocycles. The van der Waals surface area contributed by atoms with Gasteiger partial charge in [-0.05, 0) is 12.5 Å². The lowest BCUT2D eigenvalue weighted by Gasteiger charge is -2.03. The van der Waals surface area contributed by atoms with E-state index < -0.39 is 22.2 Å². The highest BCUT2D eigenvalue weighted by atomic mass is 19.1. The number of hydrazine groups is 1. The molecule has 0 aliphatic rings. The summed E-state index contributed by atoms with van der Waals surface area (Å²) in [5, 5.41) is 10.4. The zero-order valence-corrected chi connectivity index (χ0v) is 7.78. The van der Waals surface area contributed by atoms with Gasteiger partial charge in [0.2, 0.25) is 0 Å². The molecule has 0 radical (unpaired) electrons. The maximum atomic E-state index is 13.3. The summed E-state index contributed by atoms with van der Waals surface area (Å²) in [6, 6.07) is 1.88. The molecule has 0 aliphatic heterocycles. The molecule has 0 atom stereocenters. The Labute approximate surface area is 84.0 Å². The summed E-state index contributed by atoms with van der Waals surface area (Å²) in [4.78, 5) is 20.8. The molecule has 3 N–H and O–H groups in total. The first-order valence-corrected chi connectivity index (χ1v) is 3.93. The molecule has 7 heteroatoms. The zero-order valence-electron chi connectivity index (χ0n) is 7.78. The van der Waals surface area contributed by atoms with Gasteiger partial charge in [-0.3, -0.25) is 20.3 Å². The van der Waals surface area contributed by atoms with Crippen molar-refractivity contribution in [1.82, 2.24) is 5.43 Å². The number of nitrogens with zero attached hydrogens (tertiary/aromatic N) is 1. The highest BCUT2D eigenvalue weighted by Crippen LogP contribution is 2.20. The van der Waals surface area contributed by atoms with E-state index in [4.69, 9.17) is 5.84 Å². The monoisotopic (exact) mass is 213 g/mol. The quantitative estimate of drug-likeness (QED) is 0.326. The Bertz CT molecular complexity index is 433. The van der Waals surface area contributed by atoms with Gasteiger partial charge in [-0.25, -0.2) is 10.2 Å². The average Bonchev–Trinajstić information content (AvgIpc) is 2.20. The maximum absolute atomic E-state index is 13.3. The van der Waals surface area contributed by atoms with Crippen molar-refractivity contribution >= 4 is 11.6 Å². The van der Waals surface area contributed by atoms with Crippen LogP contribution in [0.4, 0.5) is 10.1 Å². The second-order valence-electron chi connectivity index (χ2n) is 2.85. The number of carbonyl (C=O) groups is 1. The Balaban J connectivity index is 3.37. The molecule has 1 aromatic carbocycles. The van der Waals surface area contributed by atoms with E-state index in [-0.39, 0.29) is 11.3 Å². The first-order valence-electron chi connectivity index (χ1n) is 3.93. The number of nitro groups is 1. The van der Waals surface area contributed by atoms with E-state index in [2.05, 4.69) is 0 Å². The van der Waals surface area contributed by atoms with Gasteiger partial charge >= 0.3 is 0 Å². The van der Waals surface area contributed by atoms with Crippen LogP contribution >= 0.6 is 0 Å². The average molecular weight is 213 g/mol. The summed E-state index contributed by atoms with van der Waals surface area (Å²) in [6.45, 7) is 1.33. The Morgan fingerprint density at radius 3 is 2.67 bits per heavy atom. The summed E-state index contributed by atoms with van der Waals surface area (Å²) in [5.41, 5.74) is 0.936. The number of halogens is 1. The predicted molar refractivity (Wildman–Crippen MR) is 49.4 cm³/mol. The van der Waals surface area contributed by atoms with Gasteiger partial charge in [-0.15, -0.1) is 0 Å². The summed E-state index contributed by atoms with van der Waals surface area (Å²) in [6.07, 6.45) is 0. The second kappa shape index (κ2) is 4.01. The number of aryl methyl sites for hydroxylation is 1. The fraction of sp³-hybridized carbons (Fsp3) is 0.125. The topological polar surface area (TPSA) is 98.3 Å². The molecule has 0 heterocycles. The molecule has 0 aromatic heterocycles. The highest BCUT2D eigenvalue weighted by molar-refractivity contribution is 5.94. The minimum atomic E-state index is -0.903. The van der Waals surface area contributed by atoms with Crippen molar-refractivity contribution in [3.05, 3.63) is 39.2 Å². The number of hydrogen-bond donors (Lipinski definition) is 2. The van der Waals surface area contributed by atoms with Crippen molar-refractivity contribution < 1.29 is 14.1 Å². The molecule has 1 amide bonds. The first kappa shape index (κ1) is 11.1. The number of nitrogen functional groups attached to an aromatic ring is 1. The number of hydrogen-bond acceptors (Lipinski definition) is 4. The summed E-state index contributed by atoms with van der Waals surface area (Å²) in [7, 11) is 0. The lowest BCUT2D eigenvalue weighted by Crippen LogP contribution is -2.31. The summed E-state index contributed by atoms with van der Waals surface area (Å²) >= 11 is 0. The van der Waals surface area contributed by atoms with E-state index in [0.29, 0.717) is 0 Å². The van der Waals surface area contributed by atoms with E-state index in [1.165, 1.54) is 6.92 Å². The number of nitro benzene ring substituents is 1. The van der Waals surface area contributed by atoms with Crippen molar-refractivity contribution in [3.8, 4) is 0 Å². The summed E-state index contributed by atoms with van der Waals surface area (Å²) < 4.78 is 13.3. The largest absolute Gasteiger partial charge is 0.290 e. The molecule has 1 rings (SSSR count). The Hall–Kier alpha value is -2.02. The van der Waals surface area contributed by atoms with Crippen LogP contribution in [0.1, 0.15) is 15.9 Å². The number of benzene rings is 1. The van der Waals surface area contributed by atoms with Crippen molar-refractivity contribution in [3.63, 3.8) is 0 Å².